The van der Waals surface area contributed by atoms with Crippen LogP contribution in [0.2, 0.25) is 0 Å². The van der Waals surface area contributed by atoms with E-state index in [0.717, 1.165) is 54.6 Å². The lowest BCUT2D eigenvalue weighted by Gasteiger charge is -2.36. The van der Waals surface area contributed by atoms with Gasteiger partial charge in [0.25, 0.3) is 0 Å². The van der Waals surface area contributed by atoms with E-state index < -0.39 is 59.7 Å². The molecule has 15 nitrogen and oxygen atoms in total. The molecule has 1 aliphatic rings. The summed E-state index contributed by atoms with van der Waals surface area (Å²) >= 11 is 0. The Morgan fingerprint density at radius 1 is 0.859 bits per heavy atom. The van der Waals surface area contributed by atoms with Crippen molar-refractivity contribution in [3.05, 3.63) is 90.0 Å². The number of imidazole rings is 1. The number of unbranched alkanes of at least 4 members (excludes halogenated alkanes) is 2. The Hall–Kier alpha value is -5.28. The number of nitrogens with zero attached hydrogens (tertiary/aromatic N) is 2. The maximum absolute atomic E-state index is 14.8. The number of aromatic amines is 1. The van der Waals surface area contributed by atoms with Gasteiger partial charge in [-0.2, -0.15) is 0 Å². The fourth-order valence-corrected chi connectivity index (χ4v) is 8.17. The number of ether oxygens (including phenoxy) is 2. The Bertz CT molecular complexity index is 1850. The molecule has 0 saturated heterocycles. The average molecular weight is 888 g/mol. The lowest BCUT2D eigenvalue weighted by Crippen LogP contribution is -2.60. The second-order valence-corrected chi connectivity index (χ2v) is 18.6. The maximum Gasteiger partial charge on any atom is 0.417 e. The first-order valence-corrected chi connectivity index (χ1v) is 23.1. The van der Waals surface area contributed by atoms with Crippen LogP contribution in [0.5, 0.6) is 0 Å². The molecule has 1 fully saturated rings. The number of aromatic nitrogens is 2. The molecule has 15 heteroatoms. The third-order valence-corrected chi connectivity index (χ3v) is 11.4. The molecule has 2 aromatic carbocycles. The summed E-state index contributed by atoms with van der Waals surface area (Å²) < 4.78 is 11.0. The van der Waals surface area contributed by atoms with Crippen LogP contribution in [-0.4, -0.2) is 92.8 Å². The third-order valence-electron chi connectivity index (χ3n) is 11.4. The number of nitrogens with one attached hydrogen (secondary N) is 4. The average Bonchev–Trinajstić information content (AvgIpc) is 3.78. The van der Waals surface area contributed by atoms with Gasteiger partial charge in [0, 0.05) is 31.6 Å². The van der Waals surface area contributed by atoms with Gasteiger partial charge in [-0.05, 0) is 88.7 Å². The summed E-state index contributed by atoms with van der Waals surface area (Å²) in [5.41, 5.74) is 7.62. The number of benzene rings is 2. The number of carbonyl (C=O) groups excluding carboxylic acids is 5. The van der Waals surface area contributed by atoms with Gasteiger partial charge < -0.3 is 41.2 Å². The van der Waals surface area contributed by atoms with Gasteiger partial charge in [0.05, 0.1) is 30.2 Å². The lowest BCUT2D eigenvalue weighted by molar-refractivity contribution is -0.141. The van der Waals surface area contributed by atoms with E-state index in [-0.39, 0.29) is 43.6 Å². The predicted molar refractivity (Wildman–Crippen MR) is 245 cm³/mol. The van der Waals surface area contributed by atoms with Crippen LogP contribution in [0, 0.1) is 17.8 Å². The molecule has 7 N–H and O–H groups in total. The molecular weight excluding hydrogens is 815 g/mol. The van der Waals surface area contributed by atoms with Crippen LogP contribution in [0.25, 0.3) is 0 Å². The van der Waals surface area contributed by atoms with Gasteiger partial charge >= 0.3 is 12.2 Å². The second-order valence-electron chi connectivity index (χ2n) is 18.6. The predicted octanol–water partition coefficient (Wildman–Crippen LogP) is 6.74. The van der Waals surface area contributed by atoms with Crippen molar-refractivity contribution in [1.82, 2.24) is 30.8 Å². The van der Waals surface area contributed by atoms with Gasteiger partial charge in [0.15, 0.2) is 0 Å². The quantitative estimate of drug-likeness (QED) is 0.0521. The van der Waals surface area contributed by atoms with Crippen LogP contribution >= 0.6 is 0 Å². The fourth-order valence-electron chi connectivity index (χ4n) is 8.17. The number of imide groups is 1. The van der Waals surface area contributed by atoms with E-state index in [9.17, 15) is 29.1 Å². The van der Waals surface area contributed by atoms with Crippen LogP contribution in [0.3, 0.4) is 0 Å². The van der Waals surface area contributed by atoms with E-state index in [1.54, 1.807) is 27.0 Å². The van der Waals surface area contributed by atoms with Gasteiger partial charge in [-0.25, -0.2) is 19.5 Å². The van der Waals surface area contributed by atoms with Crippen molar-refractivity contribution < 1.29 is 38.6 Å². The SMILES string of the molecule is CC(C)C[C@H](C[C@H](O)[C@H](CC1CCCCC1)NC(=O)[C@H](Cc1c[nH]cn1)N(C(=O)OC(C)(C)C)C(=O)[C@@H](N)Cc1ccccc1)C(=O)NCCCCCNC(=O)OCc1ccccc1. The zero-order valence-corrected chi connectivity index (χ0v) is 38.6. The normalized spacial score (nSPS) is 15.6. The van der Waals surface area contributed by atoms with Gasteiger partial charge in [0.2, 0.25) is 17.7 Å². The summed E-state index contributed by atoms with van der Waals surface area (Å²) in [5, 5.41) is 21.0. The lowest BCUT2D eigenvalue weighted by atomic mass is 9.81. The maximum atomic E-state index is 14.8. The number of carbonyl (C=O) groups is 5. The van der Waals surface area contributed by atoms with Crippen LogP contribution < -0.4 is 21.7 Å². The molecule has 0 radical (unpaired) electrons. The van der Waals surface area contributed by atoms with Crippen molar-refractivity contribution in [1.29, 1.82) is 0 Å². The smallest absolute Gasteiger partial charge is 0.417 e. The Morgan fingerprint density at radius 3 is 2.11 bits per heavy atom. The number of hydrogen-bond acceptors (Lipinski definition) is 10. The van der Waals surface area contributed by atoms with Crippen molar-refractivity contribution in [2.24, 2.45) is 23.5 Å². The zero-order chi connectivity index (χ0) is 46.5. The minimum absolute atomic E-state index is 0.0946. The van der Waals surface area contributed by atoms with Crippen molar-refractivity contribution in [2.45, 2.75) is 155 Å². The molecule has 5 atom stereocenters. The third kappa shape index (κ3) is 18.4. The van der Waals surface area contributed by atoms with E-state index in [0.29, 0.717) is 44.5 Å². The topological polar surface area (TPSA) is 218 Å². The van der Waals surface area contributed by atoms with Gasteiger partial charge in [-0.1, -0.05) is 107 Å². The highest BCUT2D eigenvalue weighted by Gasteiger charge is 2.42. The highest BCUT2D eigenvalue weighted by Crippen LogP contribution is 2.30. The van der Waals surface area contributed by atoms with E-state index in [1.165, 1.54) is 6.33 Å². The van der Waals surface area contributed by atoms with Gasteiger partial charge in [-0.3, -0.25) is 14.4 Å². The van der Waals surface area contributed by atoms with Crippen molar-refractivity contribution >= 4 is 29.9 Å². The Kier molecular flexibility index (Phi) is 21.3. The summed E-state index contributed by atoms with van der Waals surface area (Å²) in [6.45, 7) is 10.1. The van der Waals surface area contributed by atoms with E-state index in [4.69, 9.17) is 15.2 Å². The fraction of sp³-hybridized carbons (Fsp3) is 0.592. The first-order valence-electron chi connectivity index (χ1n) is 23.1. The highest BCUT2D eigenvalue weighted by atomic mass is 16.6. The Balaban J connectivity index is 1.46. The summed E-state index contributed by atoms with van der Waals surface area (Å²) in [7, 11) is 0. The van der Waals surface area contributed by atoms with Crippen LogP contribution in [0.1, 0.15) is 122 Å². The number of amides is 5. The molecule has 0 unspecified atom stereocenters. The summed E-state index contributed by atoms with van der Waals surface area (Å²) in [4.78, 5) is 77.0. The van der Waals surface area contributed by atoms with Crippen LogP contribution in [0.4, 0.5) is 9.59 Å². The standard InChI is InChI=1S/C49H73N7O8/c1-34(2)26-38(44(58)52-24-16-9-17-25-53-47(61)63-32-37-22-14-8-15-23-37)29-43(57)41(28-36-20-12-7-13-21-36)55-45(59)42(30-39-31-51-33-54-39)56(48(62)64-49(3,4)5)46(60)40(50)27-35-18-10-6-11-19-35/h6,8,10-11,14-15,18-19,22-23,31,33-34,36,38,40-43,57H,7,9,12-13,16-17,20-21,24-30,32,50H2,1-5H3,(H,51,54)(H,52,58)(H,53,61)(H,55,59)/t38-,40+,41+,42+,43+/m1/s1. The number of H-pyrrole nitrogens is 1. The van der Waals surface area contributed by atoms with Crippen LogP contribution in [0.15, 0.2) is 73.2 Å². The molecule has 1 saturated carbocycles. The van der Waals surface area contributed by atoms with Crippen molar-refractivity contribution in [2.75, 3.05) is 13.1 Å². The molecule has 1 aliphatic carbocycles. The van der Waals surface area contributed by atoms with Gasteiger partial charge in [0.1, 0.15) is 18.2 Å². The molecule has 64 heavy (non-hydrogen) atoms. The summed E-state index contributed by atoms with van der Waals surface area (Å²) in [6.07, 6.45) is 8.71. The molecule has 352 valence electrons. The Labute approximate surface area is 379 Å². The van der Waals surface area contributed by atoms with Gasteiger partial charge in [-0.15, -0.1) is 0 Å². The molecule has 0 bridgehead atoms. The van der Waals surface area contributed by atoms with Crippen LogP contribution in [-0.2, 0) is 43.3 Å². The molecule has 1 heterocycles. The monoisotopic (exact) mass is 888 g/mol. The molecule has 4 rings (SSSR count). The molecule has 3 aromatic rings. The van der Waals surface area contributed by atoms with E-state index in [1.807, 2.05) is 74.5 Å². The number of aliphatic hydroxyl groups is 1. The minimum Gasteiger partial charge on any atom is -0.445 e. The summed E-state index contributed by atoms with van der Waals surface area (Å²) in [5.74, 6) is -1.81. The molecule has 0 aliphatic heterocycles. The molecule has 5 amide bonds. The minimum atomic E-state index is -1.43. The molecule has 1 aromatic heterocycles. The van der Waals surface area contributed by atoms with E-state index >= 15 is 0 Å². The van der Waals surface area contributed by atoms with Crippen molar-refractivity contribution in [3.63, 3.8) is 0 Å². The Morgan fingerprint density at radius 2 is 1.50 bits per heavy atom. The number of rotatable bonds is 24. The number of hydrogen-bond donors (Lipinski definition) is 6. The first-order chi connectivity index (χ1) is 30.6. The largest absolute Gasteiger partial charge is 0.445 e. The molecular formula is C49H73N7O8. The highest BCUT2D eigenvalue weighted by molar-refractivity contribution is 6.00. The summed E-state index contributed by atoms with van der Waals surface area (Å²) in [6, 6.07) is 15.2. The van der Waals surface area contributed by atoms with E-state index in [2.05, 4.69) is 25.9 Å². The second kappa shape index (κ2) is 26.5. The zero-order valence-electron chi connectivity index (χ0n) is 38.6. The number of aliphatic hydroxyl groups excluding tert-OH is 1. The molecule has 0 spiro atoms. The van der Waals surface area contributed by atoms with Crippen molar-refractivity contribution in [3.8, 4) is 0 Å². The number of nitrogens with two attached hydrogens (primary N) is 1. The number of alkyl carbamates (subject to hydrolysis) is 1. The first kappa shape index (κ1) is 51.4.